The van der Waals surface area contributed by atoms with Crippen molar-refractivity contribution in [2.45, 2.75) is 6.42 Å². The lowest BCUT2D eigenvalue weighted by atomic mass is 10.4. The predicted molar refractivity (Wildman–Crippen MR) is 46.2 cm³/mol. The van der Waals surface area contributed by atoms with Gasteiger partial charge in [0.2, 0.25) is 5.01 Å². The fraction of sp³-hybridized carbons (Fsp3) is 0.125. The highest BCUT2D eigenvalue weighted by Gasteiger charge is 2.06. The molecular formula is C8H4N2O2S. The van der Waals surface area contributed by atoms with E-state index in [0.29, 0.717) is 5.69 Å². The van der Waals surface area contributed by atoms with E-state index in [1.165, 1.54) is 0 Å². The highest BCUT2D eigenvalue weighted by atomic mass is 32.1. The van der Waals surface area contributed by atoms with Crippen molar-refractivity contribution in [2.24, 2.45) is 0 Å². The summed E-state index contributed by atoms with van der Waals surface area (Å²) in [6.07, 6.45) is 0.125. The minimum atomic E-state index is -1.06. The highest BCUT2D eigenvalue weighted by Crippen LogP contribution is 2.08. The number of carbonyl (C=O) groups is 1. The Morgan fingerprint density at radius 1 is 1.77 bits per heavy atom. The Kier molecular flexibility index (Phi) is 3.02. The molecule has 0 aliphatic heterocycles. The number of aromatic nitrogens is 1. The van der Waals surface area contributed by atoms with Gasteiger partial charge in [-0.05, 0) is 5.92 Å². The lowest BCUT2D eigenvalue weighted by molar-refractivity contribution is 0.0696. The van der Waals surface area contributed by atoms with E-state index in [2.05, 4.69) is 16.8 Å². The van der Waals surface area contributed by atoms with Crippen molar-refractivity contribution in [1.29, 1.82) is 5.26 Å². The molecule has 0 saturated heterocycles. The molecule has 0 radical (unpaired) electrons. The SMILES string of the molecule is N#CCC#Cc1csc(C(=O)O)n1. The van der Waals surface area contributed by atoms with E-state index in [1.54, 1.807) is 5.38 Å². The number of thiazole rings is 1. The molecule has 0 saturated carbocycles. The molecule has 64 valence electrons. The second kappa shape index (κ2) is 4.24. The Labute approximate surface area is 78.5 Å². The molecule has 13 heavy (non-hydrogen) atoms. The van der Waals surface area contributed by atoms with Crippen LogP contribution in [0.1, 0.15) is 21.9 Å². The van der Waals surface area contributed by atoms with E-state index in [-0.39, 0.29) is 11.4 Å². The molecule has 0 bridgehead atoms. The Bertz CT molecular complexity index is 419. The molecule has 0 amide bonds. The summed E-state index contributed by atoms with van der Waals surface area (Å²) in [4.78, 5) is 14.1. The fourth-order valence-electron chi connectivity index (χ4n) is 0.604. The van der Waals surface area contributed by atoms with Crippen LogP contribution in [0.3, 0.4) is 0 Å². The van der Waals surface area contributed by atoms with Crippen LogP contribution in [0.15, 0.2) is 5.38 Å². The molecule has 0 spiro atoms. The van der Waals surface area contributed by atoms with Gasteiger partial charge in [-0.25, -0.2) is 9.78 Å². The van der Waals surface area contributed by atoms with Crippen LogP contribution in [0.2, 0.25) is 0 Å². The summed E-state index contributed by atoms with van der Waals surface area (Å²) in [5.74, 6) is 4.07. The van der Waals surface area contributed by atoms with Gasteiger partial charge in [0.1, 0.15) is 5.69 Å². The molecule has 0 unspecified atom stereocenters. The van der Waals surface area contributed by atoms with Crippen LogP contribution in [0.4, 0.5) is 0 Å². The van der Waals surface area contributed by atoms with E-state index in [1.807, 2.05) is 6.07 Å². The van der Waals surface area contributed by atoms with Crippen molar-refractivity contribution in [3.8, 4) is 17.9 Å². The average Bonchev–Trinajstić information content (AvgIpc) is 2.53. The standard InChI is InChI=1S/C8H4N2O2S/c9-4-2-1-3-6-5-13-7(10-6)8(11)12/h5H,2H2,(H,11,12). The summed E-state index contributed by atoms with van der Waals surface area (Å²) in [5.41, 5.74) is 0.401. The molecule has 1 aromatic heterocycles. The molecule has 5 heteroatoms. The van der Waals surface area contributed by atoms with Crippen molar-refractivity contribution < 1.29 is 9.90 Å². The zero-order valence-corrected chi connectivity index (χ0v) is 7.26. The largest absolute Gasteiger partial charge is 0.476 e. The molecule has 1 heterocycles. The van der Waals surface area contributed by atoms with Gasteiger partial charge in [0.05, 0.1) is 12.5 Å². The molecule has 0 aliphatic rings. The van der Waals surface area contributed by atoms with Gasteiger partial charge in [0.15, 0.2) is 0 Å². The van der Waals surface area contributed by atoms with Crippen molar-refractivity contribution in [2.75, 3.05) is 0 Å². The quantitative estimate of drug-likeness (QED) is 0.676. The normalized spacial score (nSPS) is 8.23. The van der Waals surface area contributed by atoms with Crippen LogP contribution in [-0.4, -0.2) is 16.1 Å². The van der Waals surface area contributed by atoms with Gasteiger partial charge >= 0.3 is 5.97 Å². The van der Waals surface area contributed by atoms with Crippen molar-refractivity contribution in [1.82, 2.24) is 4.98 Å². The molecule has 0 atom stereocenters. The Morgan fingerprint density at radius 2 is 2.54 bits per heavy atom. The van der Waals surface area contributed by atoms with Crippen LogP contribution >= 0.6 is 11.3 Å². The van der Waals surface area contributed by atoms with Crippen LogP contribution in [0.25, 0.3) is 0 Å². The van der Waals surface area contributed by atoms with Gasteiger partial charge in [-0.15, -0.1) is 11.3 Å². The topological polar surface area (TPSA) is 74.0 Å². The Hall–Kier alpha value is -1.85. The first-order valence-electron chi connectivity index (χ1n) is 3.28. The summed E-state index contributed by atoms with van der Waals surface area (Å²) < 4.78 is 0. The maximum absolute atomic E-state index is 10.4. The van der Waals surface area contributed by atoms with Crippen molar-refractivity contribution in [3.05, 3.63) is 16.1 Å². The summed E-state index contributed by atoms with van der Waals surface area (Å²) >= 11 is 1.02. The summed E-state index contributed by atoms with van der Waals surface area (Å²) in [5, 5.41) is 18.3. The van der Waals surface area contributed by atoms with Crippen molar-refractivity contribution >= 4 is 17.3 Å². The van der Waals surface area contributed by atoms with Crippen LogP contribution < -0.4 is 0 Å². The maximum atomic E-state index is 10.4. The molecular weight excluding hydrogens is 188 g/mol. The van der Waals surface area contributed by atoms with E-state index >= 15 is 0 Å². The van der Waals surface area contributed by atoms with E-state index in [0.717, 1.165) is 11.3 Å². The predicted octanol–water partition coefficient (Wildman–Crippen LogP) is 1.11. The minimum Gasteiger partial charge on any atom is -0.476 e. The third kappa shape index (κ3) is 2.58. The molecule has 0 fully saturated rings. The van der Waals surface area contributed by atoms with Gasteiger partial charge in [0, 0.05) is 5.38 Å². The number of carboxylic acids is 1. The Balaban J connectivity index is 2.78. The van der Waals surface area contributed by atoms with Crippen LogP contribution in [0.5, 0.6) is 0 Å². The van der Waals surface area contributed by atoms with Crippen LogP contribution in [-0.2, 0) is 0 Å². The first-order valence-corrected chi connectivity index (χ1v) is 4.16. The van der Waals surface area contributed by atoms with E-state index < -0.39 is 5.97 Å². The van der Waals surface area contributed by atoms with E-state index in [9.17, 15) is 4.79 Å². The molecule has 1 N–H and O–H groups in total. The van der Waals surface area contributed by atoms with Gasteiger partial charge in [-0.2, -0.15) is 5.26 Å². The molecule has 1 rings (SSSR count). The average molecular weight is 192 g/mol. The lowest BCUT2D eigenvalue weighted by Gasteiger charge is -1.79. The summed E-state index contributed by atoms with van der Waals surface area (Å²) in [6.45, 7) is 0. The number of nitriles is 1. The highest BCUT2D eigenvalue weighted by molar-refractivity contribution is 7.11. The summed E-state index contributed by atoms with van der Waals surface area (Å²) in [7, 11) is 0. The summed E-state index contributed by atoms with van der Waals surface area (Å²) in [6, 6.07) is 1.85. The van der Waals surface area contributed by atoms with Gasteiger partial charge in [0.25, 0.3) is 0 Å². The van der Waals surface area contributed by atoms with Gasteiger partial charge < -0.3 is 5.11 Å². The molecule has 1 aromatic rings. The third-order valence-corrected chi connectivity index (χ3v) is 1.90. The first kappa shape index (κ1) is 9.24. The molecule has 0 aromatic carbocycles. The number of hydrogen-bond acceptors (Lipinski definition) is 4. The zero-order chi connectivity index (χ0) is 9.68. The number of aromatic carboxylic acids is 1. The minimum absolute atomic E-state index is 0.0151. The molecule has 0 aliphatic carbocycles. The van der Waals surface area contributed by atoms with E-state index in [4.69, 9.17) is 10.4 Å². The van der Waals surface area contributed by atoms with Gasteiger partial charge in [-0.1, -0.05) is 5.92 Å². The van der Waals surface area contributed by atoms with Crippen LogP contribution in [0, 0.1) is 23.2 Å². The maximum Gasteiger partial charge on any atom is 0.365 e. The monoisotopic (exact) mass is 192 g/mol. The Morgan fingerprint density at radius 3 is 3.08 bits per heavy atom. The second-order valence-electron chi connectivity index (χ2n) is 1.98. The van der Waals surface area contributed by atoms with Gasteiger partial charge in [-0.3, -0.25) is 0 Å². The fourth-order valence-corrected chi connectivity index (χ4v) is 1.19. The smallest absolute Gasteiger partial charge is 0.365 e. The first-order chi connectivity index (χ1) is 6.24. The number of rotatable bonds is 1. The lowest BCUT2D eigenvalue weighted by Crippen LogP contribution is -1.94. The zero-order valence-electron chi connectivity index (χ0n) is 6.44. The number of hydrogen-bond donors (Lipinski definition) is 1. The third-order valence-electron chi connectivity index (χ3n) is 1.07. The molecule has 4 nitrogen and oxygen atoms in total. The van der Waals surface area contributed by atoms with Crippen molar-refractivity contribution in [3.63, 3.8) is 0 Å². The number of carboxylic acid groups (broad SMARTS) is 1. The second-order valence-corrected chi connectivity index (χ2v) is 2.84. The number of nitrogens with zero attached hydrogens (tertiary/aromatic N) is 2.